The van der Waals surface area contributed by atoms with E-state index in [1.165, 1.54) is 64.2 Å². The molecule has 1 aliphatic carbocycles. The van der Waals surface area contributed by atoms with Gasteiger partial charge in [0.2, 0.25) is 0 Å². The molecule has 1 rings (SSSR count). The van der Waals surface area contributed by atoms with E-state index in [0.717, 1.165) is 24.7 Å². The molecule has 1 aliphatic rings. The van der Waals surface area contributed by atoms with Gasteiger partial charge >= 0.3 is 0 Å². The number of aliphatic hydroxyl groups excluding tert-OH is 1. The van der Waals surface area contributed by atoms with Gasteiger partial charge in [0.1, 0.15) is 0 Å². The van der Waals surface area contributed by atoms with Crippen molar-refractivity contribution < 1.29 is 5.11 Å². The summed E-state index contributed by atoms with van der Waals surface area (Å²) in [6, 6.07) is 0. The lowest BCUT2D eigenvalue weighted by atomic mass is 9.87. The fourth-order valence-corrected chi connectivity index (χ4v) is 3.76. The van der Waals surface area contributed by atoms with Crippen molar-refractivity contribution in [3.8, 4) is 0 Å². The first kappa shape index (κ1) is 18.5. The molecule has 0 amide bonds. The quantitative estimate of drug-likeness (QED) is 0.343. The summed E-state index contributed by atoms with van der Waals surface area (Å²) in [6.07, 6.45) is 21.3. The number of rotatable bonds is 12. The third-order valence-corrected chi connectivity index (χ3v) is 5.04. The van der Waals surface area contributed by atoms with Crippen molar-refractivity contribution in [3.05, 3.63) is 24.8 Å². The average Bonchev–Trinajstić information content (AvgIpc) is 2.92. The lowest BCUT2D eigenvalue weighted by Crippen LogP contribution is -2.11. The molecule has 0 radical (unpaired) electrons. The van der Waals surface area contributed by atoms with Crippen LogP contribution < -0.4 is 0 Å². The summed E-state index contributed by atoms with van der Waals surface area (Å²) < 4.78 is 0. The van der Waals surface area contributed by atoms with E-state index in [-0.39, 0.29) is 6.10 Å². The summed E-state index contributed by atoms with van der Waals surface area (Å²) in [5.74, 6) is 1.89. The summed E-state index contributed by atoms with van der Waals surface area (Å²) in [6.45, 7) is 5.90. The summed E-state index contributed by atoms with van der Waals surface area (Å²) in [5.41, 5.74) is 0. The Morgan fingerprint density at radius 2 is 1.76 bits per heavy atom. The molecule has 0 aromatic rings. The standard InChI is InChI=1S/C20H36O/c1-3-5-7-8-9-12-18-13-10-14-19(18)15-11-17-20(21)16-6-4-2/h3,5,7,18-21H,1,4,6,8-17H2,2H3/t18-,19+,20?/m0/s1. The van der Waals surface area contributed by atoms with Gasteiger partial charge in [0, 0.05) is 0 Å². The maximum atomic E-state index is 9.93. The van der Waals surface area contributed by atoms with Gasteiger partial charge in [0.15, 0.2) is 0 Å². The van der Waals surface area contributed by atoms with E-state index in [1.54, 1.807) is 0 Å². The highest BCUT2D eigenvalue weighted by molar-refractivity contribution is 4.96. The molecule has 1 saturated carbocycles. The Morgan fingerprint density at radius 3 is 2.43 bits per heavy atom. The molecule has 0 aromatic carbocycles. The molecule has 0 spiro atoms. The molecule has 1 fully saturated rings. The van der Waals surface area contributed by atoms with E-state index in [4.69, 9.17) is 0 Å². The monoisotopic (exact) mass is 292 g/mol. The van der Waals surface area contributed by atoms with Crippen molar-refractivity contribution in [2.24, 2.45) is 11.8 Å². The van der Waals surface area contributed by atoms with E-state index in [0.29, 0.717) is 0 Å². The Labute approximate surface area is 132 Å². The van der Waals surface area contributed by atoms with Crippen molar-refractivity contribution in [3.63, 3.8) is 0 Å². The highest BCUT2D eigenvalue weighted by Crippen LogP contribution is 2.38. The second kappa shape index (κ2) is 12.0. The minimum Gasteiger partial charge on any atom is -0.393 e. The second-order valence-electron chi connectivity index (χ2n) is 6.77. The van der Waals surface area contributed by atoms with Crippen LogP contribution in [-0.4, -0.2) is 11.2 Å². The first-order valence-electron chi connectivity index (χ1n) is 9.23. The number of allylic oxidation sites excluding steroid dienone is 3. The number of aliphatic hydroxyl groups is 1. The molecular weight excluding hydrogens is 256 g/mol. The smallest absolute Gasteiger partial charge is 0.0540 e. The summed E-state index contributed by atoms with van der Waals surface area (Å²) >= 11 is 0. The van der Waals surface area contributed by atoms with Gasteiger partial charge in [-0.3, -0.25) is 0 Å². The first-order chi connectivity index (χ1) is 10.3. The predicted octanol–water partition coefficient (Wildman–Crippen LogP) is 6.04. The van der Waals surface area contributed by atoms with Crippen LogP contribution in [0.4, 0.5) is 0 Å². The number of unbranched alkanes of at least 4 members (excludes halogenated alkanes) is 2. The van der Waals surface area contributed by atoms with Gasteiger partial charge in [0.05, 0.1) is 6.10 Å². The molecule has 122 valence electrons. The van der Waals surface area contributed by atoms with Crippen molar-refractivity contribution in [1.82, 2.24) is 0 Å². The Morgan fingerprint density at radius 1 is 1.10 bits per heavy atom. The minimum atomic E-state index is -0.0474. The average molecular weight is 293 g/mol. The molecule has 1 nitrogen and oxygen atoms in total. The molecular formula is C20H36O. The zero-order valence-corrected chi connectivity index (χ0v) is 14.1. The van der Waals surface area contributed by atoms with Gasteiger partial charge in [-0.15, -0.1) is 0 Å². The lowest BCUT2D eigenvalue weighted by Gasteiger charge is -2.20. The van der Waals surface area contributed by atoms with Gasteiger partial charge in [-0.25, -0.2) is 0 Å². The fraction of sp³-hybridized carbons (Fsp3) is 0.800. The SMILES string of the molecule is C=CC=CCCC[C@H]1CCC[C@@H]1CCCC(O)CCCC. The molecule has 0 saturated heterocycles. The second-order valence-corrected chi connectivity index (χ2v) is 6.77. The van der Waals surface area contributed by atoms with E-state index < -0.39 is 0 Å². The highest BCUT2D eigenvalue weighted by Gasteiger charge is 2.26. The van der Waals surface area contributed by atoms with Crippen LogP contribution >= 0.6 is 0 Å². The van der Waals surface area contributed by atoms with Crippen LogP contribution in [0.15, 0.2) is 24.8 Å². The van der Waals surface area contributed by atoms with E-state index in [2.05, 4.69) is 25.7 Å². The fourth-order valence-electron chi connectivity index (χ4n) is 3.76. The molecule has 0 aliphatic heterocycles. The van der Waals surface area contributed by atoms with E-state index in [1.807, 2.05) is 6.08 Å². The van der Waals surface area contributed by atoms with Crippen LogP contribution in [0.1, 0.15) is 84.0 Å². The Hall–Kier alpha value is -0.560. The number of hydrogen-bond acceptors (Lipinski definition) is 1. The maximum absolute atomic E-state index is 9.93. The molecule has 1 heteroatoms. The Bertz CT molecular complexity index is 282. The normalized spacial score (nSPS) is 23.7. The third kappa shape index (κ3) is 8.46. The molecule has 1 N–H and O–H groups in total. The van der Waals surface area contributed by atoms with Gasteiger partial charge in [-0.1, -0.05) is 76.7 Å². The third-order valence-electron chi connectivity index (χ3n) is 5.04. The summed E-state index contributed by atoms with van der Waals surface area (Å²) in [7, 11) is 0. The lowest BCUT2D eigenvalue weighted by molar-refractivity contribution is 0.144. The van der Waals surface area contributed by atoms with Gasteiger partial charge in [-0.05, 0) is 43.9 Å². The highest BCUT2D eigenvalue weighted by atomic mass is 16.3. The Kier molecular flexibility index (Phi) is 10.6. The van der Waals surface area contributed by atoms with Crippen LogP contribution in [0.2, 0.25) is 0 Å². The van der Waals surface area contributed by atoms with Crippen LogP contribution in [0.25, 0.3) is 0 Å². The zero-order chi connectivity index (χ0) is 15.3. The van der Waals surface area contributed by atoms with Crippen molar-refractivity contribution in [2.45, 2.75) is 90.1 Å². The Balaban J connectivity index is 2.12. The van der Waals surface area contributed by atoms with Crippen LogP contribution in [0.3, 0.4) is 0 Å². The van der Waals surface area contributed by atoms with Crippen molar-refractivity contribution in [1.29, 1.82) is 0 Å². The minimum absolute atomic E-state index is 0.0474. The summed E-state index contributed by atoms with van der Waals surface area (Å²) in [4.78, 5) is 0. The molecule has 0 aromatic heterocycles. The van der Waals surface area contributed by atoms with Crippen molar-refractivity contribution in [2.75, 3.05) is 0 Å². The molecule has 3 atom stereocenters. The summed E-state index contributed by atoms with van der Waals surface area (Å²) in [5, 5.41) is 9.93. The van der Waals surface area contributed by atoms with Crippen LogP contribution in [0.5, 0.6) is 0 Å². The molecule has 0 bridgehead atoms. The molecule has 21 heavy (non-hydrogen) atoms. The maximum Gasteiger partial charge on any atom is 0.0540 e. The predicted molar refractivity (Wildman–Crippen MR) is 93.4 cm³/mol. The topological polar surface area (TPSA) is 20.2 Å². The molecule has 1 unspecified atom stereocenters. The first-order valence-corrected chi connectivity index (χ1v) is 9.23. The largest absolute Gasteiger partial charge is 0.393 e. The van der Waals surface area contributed by atoms with Crippen molar-refractivity contribution >= 4 is 0 Å². The zero-order valence-electron chi connectivity index (χ0n) is 14.1. The number of hydrogen-bond donors (Lipinski definition) is 1. The van der Waals surface area contributed by atoms with E-state index >= 15 is 0 Å². The van der Waals surface area contributed by atoms with Crippen LogP contribution in [-0.2, 0) is 0 Å². The van der Waals surface area contributed by atoms with Gasteiger partial charge in [-0.2, -0.15) is 0 Å². The van der Waals surface area contributed by atoms with Gasteiger partial charge < -0.3 is 5.11 Å². The van der Waals surface area contributed by atoms with Crippen LogP contribution in [0, 0.1) is 11.8 Å². The molecule has 0 heterocycles. The van der Waals surface area contributed by atoms with Gasteiger partial charge in [0.25, 0.3) is 0 Å². The van der Waals surface area contributed by atoms with E-state index in [9.17, 15) is 5.11 Å².